The molecule has 2 heteroatoms. The SMILES string of the molecule is CCCc1ccc(C(NCC)c2cscc2C)cc1. The Morgan fingerprint density at radius 3 is 2.37 bits per heavy atom. The lowest BCUT2D eigenvalue weighted by molar-refractivity contribution is 0.629. The molecule has 0 aliphatic carbocycles. The van der Waals surface area contributed by atoms with E-state index in [0.29, 0.717) is 6.04 Å². The Balaban J connectivity index is 2.26. The number of aryl methyl sites for hydroxylation is 2. The Morgan fingerprint density at radius 2 is 1.84 bits per heavy atom. The average molecular weight is 273 g/mol. The van der Waals surface area contributed by atoms with E-state index in [0.717, 1.165) is 6.54 Å². The fourth-order valence-electron chi connectivity index (χ4n) is 2.44. The second-order valence-electron chi connectivity index (χ2n) is 4.99. The summed E-state index contributed by atoms with van der Waals surface area (Å²) in [6.07, 6.45) is 2.38. The van der Waals surface area contributed by atoms with Crippen LogP contribution in [0.4, 0.5) is 0 Å². The van der Waals surface area contributed by atoms with Gasteiger partial charge in [0.1, 0.15) is 0 Å². The molecule has 102 valence electrons. The molecule has 0 saturated carbocycles. The molecule has 1 aromatic carbocycles. The second-order valence-corrected chi connectivity index (χ2v) is 5.74. The van der Waals surface area contributed by atoms with Crippen molar-refractivity contribution in [1.29, 1.82) is 0 Å². The van der Waals surface area contributed by atoms with Gasteiger partial charge in [-0.05, 0) is 52.9 Å². The fraction of sp³-hybridized carbons (Fsp3) is 0.412. The zero-order valence-corrected chi connectivity index (χ0v) is 12.9. The Kier molecular flexibility index (Phi) is 5.17. The molecule has 1 aromatic heterocycles. The molecule has 0 aliphatic rings. The van der Waals surface area contributed by atoms with Gasteiger partial charge in [-0.25, -0.2) is 0 Å². The molecule has 0 amide bonds. The van der Waals surface area contributed by atoms with Gasteiger partial charge in [0, 0.05) is 0 Å². The summed E-state index contributed by atoms with van der Waals surface area (Å²) >= 11 is 1.79. The molecule has 0 bridgehead atoms. The van der Waals surface area contributed by atoms with Crippen LogP contribution in [0.5, 0.6) is 0 Å². The third-order valence-electron chi connectivity index (χ3n) is 3.47. The standard InChI is InChI=1S/C17H23NS/c1-4-6-14-7-9-15(10-8-14)17(18-5-2)16-12-19-11-13(16)3/h7-12,17-18H,4-6H2,1-3H3. The highest BCUT2D eigenvalue weighted by Crippen LogP contribution is 2.27. The van der Waals surface area contributed by atoms with E-state index in [1.807, 2.05) is 0 Å². The molecule has 0 spiro atoms. The van der Waals surface area contributed by atoms with Gasteiger partial charge in [0.25, 0.3) is 0 Å². The number of nitrogens with one attached hydrogen (secondary N) is 1. The minimum Gasteiger partial charge on any atom is -0.306 e. The maximum Gasteiger partial charge on any atom is 0.0587 e. The minimum atomic E-state index is 0.326. The maximum atomic E-state index is 3.60. The van der Waals surface area contributed by atoms with E-state index < -0.39 is 0 Å². The van der Waals surface area contributed by atoms with Crippen LogP contribution in [0.15, 0.2) is 35.0 Å². The van der Waals surface area contributed by atoms with Crippen LogP contribution in [0.25, 0.3) is 0 Å². The van der Waals surface area contributed by atoms with Gasteiger partial charge in [-0.3, -0.25) is 0 Å². The first kappa shape index (κ1) is 14.3. The van der Waals surface area contributed by atoms with Gasteiger partial charge in [0.15, 0.2) is 0 Å². The van der Waals surface area contributed by atoms with Gasteiger partial charge >= 0.3 is 0 Å². The summed E-state index contributed by atoms with van der Waals surface area (Å²) < 4.78 is 0. The number of rotatable bonds is 6. The summed E-state index contributed by atoms with van der Waals surface area (Å²) in [6.45, 7) is 7.57. The number of benzene rings is 1. The Morgan fingerprint density at radius 1 is 1.11 bits per heavy atom. The van der Waals surface area contributed by atoms with Crippen LogP contribution in [0.2, 0.25) is 0 Å². The summed E-state index contributed by atoms with van der Waals surface area (Å²) in [5, 5.41) is 8.09. The quantitative estimate of drug-likeness (QED) is 0.804. The van der Waals surface area contributed by atoms with E-state index in [2.05, 4.69) is 61.1 Å². The van der Waals surface area contributed by atoms with Crippen LogP contribution in [-0.2, 0) is 6.42 Å². The fourth-order valence-corrected chi connectivity index (χ4v) is 3.32. The Hall–Kier alpha value is -1.12. The van der Waals surface area contributed by atoms with Crippen molar-refractivity contribution in [2.75, 3.05) is 6.54 Å². The summed E-state index contributed by atoms with van der Waals surface area (Å²) in [7, 11) is 0. The van der Waals surface area contributed by atoms with E-state index >= 15 is 0 Å². The smallest absolute Gasteiger partial charge is 0.0587 e. The van der Waals surface area contributed by atoms with Gasteiger partial charge < -0.3 is 5.32 Å². The van der Waals surface area contributed by atoms with Crippen LogP contribution in [0.1, 0.15) is 48.6 Å². The Bertz CT molecular complexity index is 498. The van der Waals surface area contributed by atoms with Crippen molar-refractivity contribution >= 4 is 11.3 Å². The van der Waals surface area contributed by atoms with E-state index in [-0.39, 0.29) is 0 Å². The molecular formula is C17H23NS. The predicted octanol–water partition coefficient (Wildman–Crippen LogP) is 4.71. The van der Waals surface area contributed by atoms with Gasteiger partial charge in [0.05, 0.1) is 6.04 Å². The van der Waals surface area contributed by atoms with Gasteiger partial charge in [0.2, 0.25) is 0 Å². The molecule has 0 fully saturated rings. The number of thiophene rings is 1. The molecule has 1 nitrogen and oxygen atoms in total. The molecule has 19 heavy (non-hydrogen) atoms. The summed E-state index contributed by atoms with van der Waals surface area (Å²) in [5.74, 6) is 0. The normalized spacial score (nSPS) is 12.6. The van der Waals surface area contributed by atoms with Crippen LogP contribution >= 0.6 is 11.3 Å². The summed E-state index contributed by atoms with van der Waals surface area (Å²) in [5.41, 5.74) is 5.59. The van der Waals surface area contributed by atoms with Crippen molar-refractivity contribution in [3.8, 4) is 0 Å². The molecule has 2 rings (SSSR count). The predicted molar refractivity (Wildman–Crippen MR) is 85.0 cm³/mol. The van der Waals surface area contributed by atoms with Crippen molar-refractivity contribution in [3.63, 3.8) is 0 Å². The molecule has 0 radical (unpaired) electrons. The van der Waals surface area contributed by atoms with Crippen molar-refractivity contribution < 1.29 is 0 Å². The molecule has 0 aliphatic heterocycles. The van der Waals surface area contributed by atoms with Crippen LogP contribution in [-0.4, -0.2) is 6.54 Å². The lowest BCUT2D eigenvalue weighted by Gasteiger charge is -2.19. The zero-order valence-electron chi connectivity index (χ0n) is 12.1. The average Bonchev–Trinajstić information content (AvgIpc) is 2.84. The van der Waals surface area contributed by atoms with Crippen molar-refractivity contribution in [2.45, 2.75) is 39.7 Å². The molecule has 1 heterocycles. The first-order chi connectivity index (χ1) is 9.26. The van der Waals surface area contributed by atoms with Gasteiger partial charge in [-0.2, -0.15) is 11.3 Å². The first-order valence-corrected chi connectivity index (χ1v) is 8.05. The van der Waals surface area contributed by atoms with Crippen LogP contribution in [0, 0.1) is 6.92 Å². The molecule has 1 atom stereocenters. The molecule has 1 N–H and O–H groups in total. The van der Waals surface area contributed by atoms with E-state index in [4.69, 9.17) is 0 Å². The monoisotopic (exact) mass is 273 g/mol. The highest BCUT2D eigenvalue weighted by atomic mass is 32.1. The zero-order chi connectivity index (χ0) is 13.7. The molecular weight excluding hydrogens is 250 g/mol. The van der Waals surface area contributed by atoms with E-state index in [9.17, 15) is 0 Å². The third-order valence-corrected chi connectivity index (χ3v) is 4.35. The lowest BCUT2D eigenvalue weighted by Crippen LogP contribution is -2.22. The summed E-state index contributed by atoms with van der Waals surface area (Å²) in [4.78, 5) is 0. The second kappa shape index (κ2) is 6.88. The van der Waals surface area contributed by atoms with E-state index in [1.54, 1.807) is 11.3 Å². The molecule has 2 aromatic rings. The van der Waals surface area contributed by atoms with Crippen LogP contribution in [0.3, 0.4) is 0 Å². The molecule has 0 saturated heterocycles. The van der Waals surface area contributed by atoms with E-state index in [1.165, 1.54) is 35.1 Å². The van der Waals surface area contributed by atoms with Crippen molar-refractivity contribution in [2.24, 2.45) is 0 Å². The van der Waals surface area contributed by atoms with Crippen LogP contribution < -0.4 is 5.32 Å². The summed E-state index contributed by atoms with van der Waals surface area (Å²) in [6, 6.07) is 9.41. The van der Waals surface area contributed by atoms with Gasteiger partial charge in [-0.15, -0.1) is 0 Å². The highest BCUT2D eigenvalue weighted by Gasteiger charge is 2.15. The van der Waals surface area contributed by atoms with Crippen molar-refractivity contribution in [1.82, 2.24) is 5.32 Å². The number of hydrogen-bond acceptors (Lipinski definition) is 2. The third kappa shape index (κ3) is 3.46. The first-order valence-electron chi connectivity index (χ1n) is 7.11. The molecule has 1 unspecified atom stereocenters. The largest absolute Gasteiger partial charge is 0.306 e. The van der Waals surface area contributed by atoms with Crippen molar-refractivity contribution in [3.05, 3.63) is 57.3 Å². The number of hydrogen-bond donors (Lipinski definition) is 1. The highest BCUT2D eigenvalue weighted by molar-refractivity contribution is 7.08. The topological polar surface area (TPSA) is 12.0 Å². The minimum absolute atomic E-state index is 0.326. The van der Waals surface area contributed by atoms with Gasteiger partial charge in [-0.1, -0.05) is 44.5 Å². The maximum absolute atomic E-state index is 3.60. The lowest BCUT2D eigenvalue weighted by atomic mass is 9.96. The Labute approximate surface area is 120 Å².